The molecule has 2 aliphatic heterocycles. The molecule has 6 rings (SSSR count). The Balaban J connectivity index is 1.02. The van der Waals surface area contributed by atoms with Gasteiger partial charge < -0.3 is 5.32 Å². The topological polar surface area (TPSA) is 62.3 Å². The fourth-order valence-electron chi connectivity index (χ4n) is 7.14. The first-order chi connectivity index (χ1) is 18.4. The number of nitrogens with one attached hydrogen (secondary N) is 1. The van der Waals surface area contributed by atoms with Crippen LogP contribution in [0, 0.1) is 18.8 Å². The van der Waals surface area contributed by atoms with Crippen molar-refractivity contribution >= 4 is 22.6 Å². The second kappa shape index (κ2) is 10.3. The van der Waals surface area contributed by atoms with Crippen LogP contribution in [-0.4, -0.2) is 34.2 Å². The molecular formula is C33H39N3O2. The summed E-state index contributed by atoms with van der Waals surface area (Å²) in [7, 11) is 0. The summed E-state index contributed by atoms with van der Waals surface area (Å²) >= 11 is 0. The summed E-state index contributed by atoms with van der Waals surface area (Å²) in [5.74, 6) is 1.02. The third kappa shape index (κ3) is 4.66. The largest absolute Gasteiger partial charge is 0.349 e. The van der Waals surface area contributed by atoms with E-state index in [1.54, 1.807) is 0 Å². The molecule has 0 unspecified atom stereocenters. The molecule has 5 heteroatoms. The van der Waals surface area contributed by atoms with Crippen LogP contribution in [0.4, 0.5) is 0 Å². The molecule has 1 saturated carbocycles. The van der Waals surface area contributed by atoms with Gasteiger partial charge in [-0.2, -0.15) is 0 Å². The quantitative estimate of drug-likeness (QED) is 0.350. The number of pyridine rings is 1. The zero-order valence-corrected chi connectivity index (χ0v) is 22.9. The van der Waals surface area contributed by atoms with Crippen molar-refractivity contribution < 1.29 is 9.59 Å². The lowest BCUT2D eigenvalue weighted by Gasteiger charge is -2.31. The van der Waals surface area contributed by atoms with Crippen LogP contribution in [0.1, 0.15) is 108 Å². The van der Waals surface area contributed by atoms with E-state index in [0.29, 0.717) is 18.0 Å². The Morgan fingerprint density at radius 1 is 0.947 bits per heavy atom. The molecule has 1 aliphatic carbocycles. The number of rotatable bonds is 7. The minimum absolute atomic E-state index is 0.0198. The van der Waals surface area contributed by atoms with E-state index < -0.39 is 0 Å². The van der Waals surface area contributed by atoms with Crippen LogP contribution in [0.25, 0.3) is 10.9 Å². The van der Waals surface area contributed by atoms with Crippen LogP contribution < -0.4 is 5.32 Å². The highest BCUT2D eigenvalue weighted by atomic mass is 16.1. The first kappa shape index (κ1) is 25.2. The van der Waals surface area contributed by atoms with Crippen molar-refractivity contribution in [1.82, 2.24) is 15.2 Å². The molecule has 1 saturated heterocycles. The van der Waals surface area contributed by atoms with Gasteiger partial charge in [0.15, 0.2) is 5.78 Å². The third-order valence-corrected chi connectivity index (χ3v) is 9.22. The molecule has 3 aliphatic rings. The molecule has 198 valence electrons. The van der Waals surface area contributed by atoms with Gasteiger partial charge in [-0.25, -0.2) is 0 Å². The summed E-state index contributed by atoms with van der Waals surface area (Å²) in [6.07, 6.45) is 8.09. The Morgan fingerprint density at radius 2 is 1.71 bits per heavy atom. The van der Waals surface area contributed by atoms with E-state index in [2.05, 4.69) is 27.3 Å². The second-order valence-electron chi connectivity index (χ2n) is 12.0. The van der Waals surface area contributed by atoms with E-state index in [9.17, 15) is 9.59 Å². The number of aryl methyl sites for hydroxylation is 1. The van der Waals surface area contributed by atoms with Crippen molar-refractivity contribution in [3.05, 3.63) is 76.5 Å². The number of hydrogen-bond donors (Lipinski definition) is 1. The van der Waals surface area contributed by atoms with Gasteiger partial charge in [0.05, 0.1) is 5.52 Å². The maximum absolute atomic E-state index is 13.1. The molecule has 3 aromatic rings. The molecule has 0 spiro atoms. The molecule has 38 heavy (non-hydrogen) atoms. The summed E-state index contributed by atoms with van der Waals surface area (Å²) in [4.78, 5) is 33.0. The Hall–Kier alpha value is -3.05. The number of ketones is 1. The molecule has 1 amide bonds. The van der Waals surface area contributed by atoms with E-state index in [-0.39, 0.29) is 23.7 Å². The van der Waals surface area contributed by atoms with Gasteiger partial charge in [0, 0.05) is 46.3 Å². The molecule has 2 aromatic carbocycles. The number of benzene rings is 2. The minimum atomic E-state index is 0.0198. The van der Waals surface area contributed by atoms with E-state index in [1.807, 2.05) is 57.2 Å². The predicted octanol–water partition coefficient (Wildman–Crippen LogP) is 6.95. The van der Waals surface area contributed by atoms with Crippen LogP contribution in [0.5, 0.6) is 0 Å². The maximum Gasteiger partial charge on any atom is 0.252 e. The lowest BCUT2D eigenvalue weighted by Crippen LogP contribution is -2.38. The predicted molar refractivity (Wildman–Crippen MR) is 151 cm³/mol. The fourth-order valence-corrected chi connectivity index (χ4v) is 7.14. The van der Waals surface area contributed by atoms with E-state index >= 15 is 0 Å². The average Bonchev–Trinajstić information content (AvgIpc) is 3.47. The zero-order valence-electron chi connectivity index (χ0n) is 22.9. The van der Waals surface area contributed by atoms with Gasteiger partial charge in [0.1, 0.15) is 0 Å². The molecular weight excluding hydrogens is 470 g/mol. The van der Waals surface area contributed by atoms with Crippen LogP contribution in [0.2, 0.25) is 0 Å². The normalized spacial score (nSPS) is 24.6. The van der Waals surface area contributed by atoms with Crippen molar-refractivity contribution in [3.63, 3.8) is 0 Å². The summed E-state index contributed by atoms with van der Waals surface area (Å²) in [5.41, 5.74) is 6.29. The summed E-state index contributed by atoms with van der Waals surface area (Å²) in [5, 5.41) is 4.24. The average molecular weight is 510 g/mol. The Kier molecular flexibility index (Phi) is 6.81. The van der Waals surface area contributed by atoms with Gasteiger partial charge >= 0.3 is 0 Å². The van der Waals surface area contributed by atoms with E-state index in [4.69, 9.17) is 0 Å². The fraction of sp³-hybridized carbons (Fsp3) is 0.485. The van der Waals surface area contributed by atoms with Gasteiger partial charge in [0.2, 0.25) is 0 Å². The van der Waals surface area contributed by atoms with Crippen molar-refractivity contribution in [2.24, 2.45) is 11.8 Å². The molecule has 2 bridgehead atoms. The lowest BCUT2D eigenvalue weighted by atomic mass is 9.84. The number of fused-ring (bicyclic) bond motifs is 6. The highest BCUT2D eigenvalue weighted by molar-refractivity contribution is 6.06. The summed E-state index contributed by atoms with van der Waals surface area (Å²) in [6.45, 7) is 7.07. The molecule has 3 heterocycles. The SMILES string of the molecule is Cc1ccc2c(C(=O)NC3CCC(CCN4[C@@H]5CC[C@H]4c4ccc(C(=O)C(C)C)cc45)CC3)cccc2n1. The number of carbonyl (C=O) groups is 2. The van der Waals surface area contributed by atoms with Gasteiger partial charge in [0.25, 0.3) is 5.91 Å². The van der Waals surface area contributed by atoms with Crippen LogP contribution in [-0.2, 0) is 0 Å². The number of aromatic nitrogens is 1. The number of hydrogen-bond acceptors (Lipinski definition) is 4. The maximum atomic E-state index is 13.1. The van der Waals surface area contributed by atoms with Gasteiger partial charge in [-0.15, -0.1) is 0 Å². The van der Waals surface area contributed by atoms with Crippen molar-refractivity contribution in [2.75, 3.05) is 6.54 Å². The van der Waals surface area contributed by atoms with Crippen molar-refractivity contribution in [3.8, 4) is 0 Å². The van der Waals surface area contributed by atoms with Gasteiger partial charge in [-0.05, 0) is 99.7 Å². The molecule has 2 fully saturated rings. The second-order valence-corrected chi connectivity index (χ2v) is 12.0. The van der Waals surface area contributed by atoms with Crippen LogP contribution >= 0.6 is 0 Å². The standard InChI is InChI=1S/C33H39N3O2/c1-20(2)32(37)23-10-14-26-28(19-23)31-16-15-30(26)36(31)18-17-22-8-11-24(12-9-22)35-33(38)27-5-4-6-29-25(27)13-7-21(3)34-29/h4-7,10,13-14,19-20,22,24,30-31H,8-9,11-12,15-18H2,1-3H3,(H,35,38)/t22?,24?,30-,31+/m0/s1. The lowest BCUT2D eigenvalue weighted by molar-refractivity contribution is 0.0917. The highest BCUT2D eigenvalue weighted by Crippen LogP contribution is 2.53. The summed E-state index contributed by atoms with van der Waals surface area (Å²) in [6, 6.07) is 17.5. The number of Topliss-reactive ketones (excluding diaryl/α,β-unsaturated/α-hetero) is 1. The van der Waals surface area contributed by atoms with Gasteiger partial charge in [-0.3, -0.25) is 19.5 Å². The van der Waals surface area contributed by atoms with Gasteiger partial charge in [-0.1, -0.05) is 38.1 Å². The third-order valence-electron chi connectivity index (χ3n) is 9.22. The Labute approximate surface area is 226 Å². The molecule has 2 atom stereocenters. The molecule has 0 radical (unpaired) electrons. The molecule has 1 aromatic heterocycles. The number of nitrogens with zero attached hydrogens (tertiary/aromatic N) is 2. The van der Waals surface area contributed by atoms with Crippen molar-refractivity contribution in [1.29, 1.82) is 0 Å². The smallest absolute Gasteiger partial charge is 0.252 e. The summed E-state index contributed by atoms with van der Waals surface area (Å²) < 4.78 is 0. The minimum Gasteiger partial charge on any atom is -0.349 e. The molecule has 1 N–H and O–H groups in total. The monoisotopic (exact) mass is 509 g/mol. The van der Waals surface area contributed by atoms with E-state index in [0.717, 1.165) is 47.1 Å². The van der Waals surface area contributed by atoms with Crippen molar-refractivity contribution in [2.45, 2.75) is 83.8 Å². The van der Waals surface area contributed by atoms with Crippen LogP contribution in [0.3, 0.4) is 0 Å². The number of amides is 1. The number of carbonyl (C=O) groups excluding carboxylic acids is 2. The van der Waals surface area contributed by atoms with Crippen LogP contribution in [0.15, 0.2) is 48.5 Å². The first-order valence-corrected chi connectivity index (χ1v) is 14.5. The molecule has 5 nitrogen and oxygen atoms in total. The zero-order chi connectivity index (χ0) is 26.4. The Morgan fingerprint density at radius 3 is 2.47 bits per heavy atom. The highest BCUT2D eigenvalue weighted by Gasteiger charge is 2.43. The first-order valence-electron chi connectivity index (χ1n) is 14.5. The van der Waals surface area contributed by atoms with E-state index in [1.165, 1.54) is 43.2 Å². The Bertz CT molecular complexity index is 1370.